The van der Waals surface area contributed by atoms with Gasteiger partial charge in [-0.1, -0.05) is 30.4 Å². The van der Waals surface area contributed by atoms with Crippen LogP contribution in [0.1, 0.15) is 20.8 Å². The highest BCUT2D eigenvalue weighted by Crippen LogP contribution is 2.25. The van der Waals surface area contributed by atoms with E-state index in [4.69, 9.17) is 0 Å². The topological polar surface area (TPSA) is 102 Å². The maximum absolute atomic E-state index is 12.9. The van der Waals surface area contributed by atoms with E-state index < -0.39 is 4.92 Å². The SMILES string of the molecule is O=C(c1cccs1)c1cnn2c(-c3cccc(NC/C=C/c4ccc([N+](=O)[O-])cc4)c3)ccnc12. The van der Waals surface area contributed by atoms with E-state index in [0.717, 1.165) is 22.5 Å². The summed E-state index contributed by atoms with van der Waals surface area (Å²) >= 11 is 1.39. The Hall–Kier alpha value is -4.63. The van der Waals surface area contributed by atoms with Gasteiger partial charge in [-0.2, -0.15) is 5.10 Å². The third-order valence-corrected chi connectivity index (χ3v) is 6.26. The maximum Gasteiger partial charge on any atom is 0.269 e. The molecular weight excluding hydrogens is 462 g/mol. The highest BCUT2D eigenvalue weighted by Gasteiger charge is 2.18. The molecule has 5 aromatic rings. The number of fused-ring (bicyclic) bond motifs is 1. The summed E-state index contributed by atoms with van der Waals surface area (Å²) in [6.45, 7) is 0.577. The lowest BCUT2D eigenvalue weighted by Gasteiger charge is -2.08. The first-order valence-corrected chi connectivity index (χ1v) is 11.6. The van der Waals surface area contributed by atoms with E-state index in [-0.39, 0.29) is 11.5 Å². The Labute approximate surface area is 204 Å². The molecule has 0 aliphatic carbocycles. The van der Waals surface area contributed by atoms with Gasteiger partial charge in [0.2, 0.25) is 5.78 Å². The molecule has 0 saturated heterocycles. The van der Waals surface area contributed by atoms with Gasteiger partial charge in [0.15, 0.2) is 5.65 Å². The van der Waals surface area contributed by atoms with Gasteiger partial charge < -0.3 is 5.32 Å². The zero-order chi connectivity index (χ0) is 24.2. The zero-order valence-electron chi connectivity index (χ0n) is 18.4. The van der Waals surface area contributed by atoms with Crippen LogP contribution in [0.25, 0.3) is 23.0 Å². The van der Waals surface area contributed by atoms with Gasteiger partial charge in [0.25, 0.3) is 5.69 Å². The molecule has 8 nitrogen and oxygen atoms in total. The molecule has 0 bridgehead atoms. The second-order valence-electron chi connectivity index (χ2n) is 7.64. The van der Waals surface area contributed by atoms with Crippen molar-refractivity contribution in [3.63, 3.8) is 0 Å². The van der Waals surface area contributed by atoms with Crippen molar-refractivity contribution in [3.8, 4) is 11.3 Å². The van der Waals surface area contributed by atoms with Crippen molar-refractivity contribution >= 4 is 40.2 Å². The predicted octanol–water partition coefficient (Wildman–Crippen LogP) is 5.72. The van der Waals surface area contributed by atoms with Crippen LogP contribution in [0.3, 0.4) is 0 Å². The van der Waals surface area contributed by atoms with Crippen molar-refractivity contribution in [2.24, 2.45) is 0 Å². The minimum absolute atomic E-state index is 0.0718. The molecule has 0 spiro atoms. The van der Waals surface area contributed by atoms with E-state index >= 15 is 0 Å². The van der Waals surface area contributed by atoms with E-state index in [9.17, 15) is 14.9 Å². The number of anilines is 1. The summed E-state index contributed by atoms with van der Waals surface area (Å²) < 4.78 is 1.69. The lowest BCUT2D eigenvalue weighted by Crippen LogP contribution is -2.01. The maximum atomic E-state index is 12.9. The van der Waals surface area contributed by atoms with Crippen molar-refractivity contribution in [2.45, 2.75) is 0 Å². The van der Waals surface area contributed by atoms with E-state index in [1.807, 2.05) is 53.9 Å². The summed E-state index contributed by atoms with van der Waals surface area (Å²) in [4.78, 5) is 28.3. The fourth-order valence-corrected chi connectivity index (χ4v) is 4.36. The van der Waals surface area contributed by atoms with Gasteiger partial charge >= 0.3 is 0 Å². The Morgan fingerprint density at radius 2 is 1.97 bits per heavy atom. The molecule has 0 atom stereocenters. The molecule has 0 aliphatic rings. The van der Waals surface area contributed by atoms with Crippen LogP contribution in [0.15, 0.2) is 90.6 Å². The molecule has 3 aromatic heterocycles. The van der Waals surface area contributed by atoms with E-state index in [1.165, 1.54) is 23.5 Å². The van der Waals surface area contributed by atoms with Crippen molar-refractivity contribution in [1.29, 1.82) is 0 Å². The number of hydrogen-bond donors (Lipinski definition) is 1. The summed E-state index contributed by atoms with van der Waals surface area (Å²) in [6, 6.07) is 19.8. The Balaban J connectivity index is 1.33. The first kappa shape index (κ1) is 22.2. The van der Waals surface area contributed by atoms with Crippen LogP contribution in [0.5, 0.6) is 0 Å². The fraction of sp³-hybridized carbons (Fsp3) is 0.0385. The highest BCUT2D eigenvalue weighted by atomic mass is 32.1. The lowest BCUT2D eigenvalue weighted by atomic mass is 10.1. The number of aromatic nitrogens is 3. The van der Waals surface area contributed by atoms with Crippen molar-refractivity contribution in [1.82, 2.24) is 14.6 Å². The number of ketones is 1. The van der Waals surface area contributed by atoms with Crippen LogP contribution in [0, 0.1) is 10.1 Å². The number of benzene rings is 2. The molecule has 172 valence electrons. The normalized spacial score (nSPS) is 11.2. The fourth-order valence-electron chi connectivity index (χ4n) is 3.68. The average molecular weight is 482 g/mol. The molecule has 9 heteroatoms. The summed E-state index contributed by atoms with van der Waals surface area (Å²) in [5, 5.41) is 20.4. The molecule has 0 aliphatic heterocycles. The number of rotatable bonds is 8. The number of thiophene rings is 1. The van der Waals surface area contributed by atoms with Crippen LogP contribution in [-0.4, -0.2) is 31.8 Å². The van der Waals surface area contributed by atoms with Crippen LogP contribution in [0.4, 0.5) is 11.4 Å². The van der Waals surface area contributed by atoms with Gasteiger partial charge in [-0.3, -0.25) is 14.9 Å². The molecule has 0 radical (unpaired) electrons. The quantitative estimate of drug-likeness (QED) is 0.173. The van der Waals surface area contributed by atoms with Crippen molar-refractivity contribution in [3.05, 3.63) is 117 Å². The minimum Gasteiger partial charge on any atom is -0.382 e. The number of carbonyl (C=O) groups is 1. The van der Waals surface area contributed by atoms with Gasteiger partial charge in [-0.05, 0) is 47.3 Å². The Bertz CT molecular complexity index is 1540. The lowest BCUT2D eigenvalue weighted by molar-refractivity contribution is -0.384. The van der Waals surface area contributed by atoms with Crippen LogP contribution in [-0.2, 0) is 0 Å². The second kappa shape index (κ2) is 9.70. The van der Waals surface area contributed by atoms with Gasteiger partial charge in [-0.15, -0.1) is 11.3 Å². The van der Waals surface area contributed by atoms with Crippen molar-refractivity contribution < 1.29 is 9.72 Å². The van der Waals surface area contributed by atoms with Crippen LogP contribution < -0.4 is 5.32 Å². The molecule has 0 fully saturated rings. The smallest absolute Gasteiger partial charge is 0.269 e. The van der Waals surface area contributed by atoms with Gasteiger partial charge in [0.1, 0.15) is 0 Å². The van der Waals surface area contributed by atoms with Gasteiger partial charge in [-0.25, -0.2) is 9.50 Å². The van der Waals surface area contributed by atoms with Gasteiger partial charge in [0, 0.05) is 36.1 Å². The molecular formula is C26H19N5O3S. The second-order valence-corrected chi connectivity index (χ2v) is 8.59. The van der Waals surface area contributed by atoms with Crippen LogP contribution >= 0.6 is 11.3 Å². The molecule has 2 aromatic carbocycles. The number of carbonyl (C=O) groups excluding carboxylic acids is 1. The third kappa shape index (κ3) is 4.71. The average Bonchev–Trinajstić information content (AvgIpc) is 3.57. The summed E-state index contributed by atoms with van der Waals surface area (Å²) in [5.74, 6) is -0.0881. The number of nitro benzene ring substituents is 1. The minimum atomic E-state index is -0.412. The van der Waals surface area contributed by atoms with E-state index in [2.05, 4.69) is 15.4 Å². The molecule has 1 N–H and O–H groups in total. The predicted molar refractivity (Wildman–Crippen MR) is 137 cm³/mol. The van der Waals surface area contributed by atoms with E-state index in [0.29, 0.717) is 22.6 Å². The highest BCUT2D eigenvalue weighted by molar-refractivity contribution is 7.12. The molecule has 0 saturated carbocycles. The van der Waals surface area contributed by atoms with Crippen molar-refractivity contribution in [2.75, 3.05) is 11.9 Å². The van der Waals surface area contributed by atoms with Gasteiger partial charge in [0.05, 0.1) is 27.3 Å². The number of hydrogen-bond acceptors (Lipinski definition) is 7. The number of non-ortho nitro benzene ring substituents is 1. The third-order valence-electron chi connectivity index (χ3n) is 5.39. The molecule has 5 rings (SSSR count). The number of nitrogens with one attached hydrogen (secondary N) is 1. The Morgan fingerprint density at radius 1 is 1.11 bits per heavy atom. The monoisotopic (exact) mass is 481 g/mol. The largest absolute Gasteiger partial charge is 0.382 e. The molecule has 0 amide bonds. The number of nitrogens with zero attached hydrogens (tertiary/aromatic N) is 4. The first-order chi connectivity index (χ1) is 17.1. The Kier molecular flexibility index (Phi) is 6.15. The summed E-state index contributed by atoms with van der Waals surface area (Å²) in [5.41, 5.74) is 4.62. The van der Waals surface area contributed by atoms with Crippen LogP contribution in [0.2, 0.25) is 0 Å². The Morgan fingerprint density at radius 3 is 2.74 bits per heavy atom. The number of nitro groups is 1. The van der Waals surface area contributed by atoms with E-state index in [1.54, 1.807) is 35.1 Å². The molecule has 3 heterocycles. The molecule has 0 unspecified atom stereocenters. The molecule has 35 heavy (non-hydrogen) atoms. The first-order valence-electron chi connectivity index (χ1n) is 10.8. The zero-order valence-corrected chi connectivity index (χ0v) is 19.2. The summed E-state index contributed by atoms with van der Waals surface area (Å²) in [7, 11) is 0. The summed E-state index contributed by atoms with van der Waals surface area (Å²) in [6.07, 6.45) is 7.11. The standard InChI is InChI=1S/C26H19N5O3S/c32-25(24-7-3-15-35-24)22-17-29-30-23(12-14-28-26(22)30)19-5-1-6-20(16-19)27-13-2-4-18-8-10-21(11-9-18)31(33)34/h1-12,14-17,27H,13H2/b4-2+.